The molecule has 1 amide bonds. The van der Waals surface area contributed by atoms with Crippen LogP contribution in [0, 0.1) is 0 Å². The average molecular weight is 444 g/mol. The van der Waals surface area contributed by atoms with Crippen molar-refractivity contribution in [3.8, 4) is 11.5 Å². The summed E-state index contributed by atoms with van der Waals surface area (Å²) in [5.41, 5.74) is 0.409. The fraction of sp³-hybridized carbons (Fsp3) is 0.429. The molecule has 164 valence electrons. The topological polar surface area (TPSA) is 99.8 Å². The van der Waals surface area contributed by atoms with Crippen molar-refractivity contribution in [3.05, 3.63) is 40.8 Å². The van der Waals surface area contributed by atoms with Crippen molar-refractivity contribution in [2.75, 3.05) is 19.5 Å². The minimum atomic E-state index is -0.450. The van der Waals surface area contributed by atoms with Crippen LogP contribution in [0.15, 0.2) is 40.2 Å². The lowest BCUT2D eigenvalue weighted by Gasteiger charge is -2.20. The first-order chi connectivity index (χ1) is 15.1. The lowest BCUT2D eigenvalue weighted by Crippen LogP contribution is -2.29. The SMILES string of the molecule is COc1ccc(OC)c(NC(=O)Cn2nc3ccc(SC4CCCCC4)nn3c2=O)c1. The van der Waals surface area contributed by atoms with E-state index in [2.05, 4.69) is 15.5 Å². The van der Waals surface area contributed by atoms with Crippen molar-refractivity contribution in [2.45, 2.75) is 48.9 Å². The van der Waals surface area contributed by atoms with Crippen LogP contribution in [-0.4, -0.2) is 44.8 Å². The maximum absolute atomic E-state index is 12.8. The molecule has 2 aromatic heterocycles. The van der Waals surface area contributed by atoms with E-state index < -0.39 is 11.6 Å². The van der Waals surface area contributed by atoms with Crippen molar-refractivity contribution >= 4 is 29.0 Å². The Balaban J connectivity index is 1.50. The van der Waals surface area contributed by atoms with E-state index in [1.54, 1.807) is 36.0 Å². The van der Waals surface area contributed by atoms with Crippen molar-refractivity contribution < 1.29 is 14.3 Å². The third-order valence-corrected chi connectivity index (χ3v) is 6.49. The van der Waals surface area contributed by atoms with Crippen LogP contribution >= 0.6 is 11.8 Å². The monoisotopic (exact) mass is 443 g/mol. The number of carbonyl (C=O) groups excluding carboxylic acids is 1. The summed E-state index contributed by atoms with van der Waals surface area (Å²) in [5, 5.41) is 12.8. The molecule has 0 saturated heterocycles. The molecule has 1 N–H and O–H groups in total. The molecule has 1 aliphatic carbocycles. The van der Waals surface area contributed by atoms with Gasteiger partial charge in [0.25, 0.3) is 0 Å². The van der Waals surface area contributed by atoms with Gasteiger partial charge in [0.2, 0.25) is 5.91 Å². The summed E-state index contributed by atoms with van der Waals surface area (Å²) < 4.78 is 12.8. The highest BCUT2D eigenvalue weighted by Gasteiger charge is 2.18. The van der Waals surface area contributed by atoms with Crippen LogP contribution < -0.4 is 20.5 Å². The van der Waals surface area contributed by atoms with E-state index in [1.165, 1.54) is 50.8 Å². The van der Waals surface area contributed by atoms with Crippen LogP contribution in [0.25, 0.3) is 5.65 Å². The fourth-order valence-electron chi connectivity index (χ4n) is 3.65. The van der Waals surface area contributed by atoms with Gasteiger partial charge in [-0.05, 0) is 37.1 Å². The summed E-state index contributed by atoms with van der Waals surface area (Å²) in [6.45, 7) is -0.242. The van der Waals surface area contributed by atoms with Crippen molar-refractivity contribution in [1.82, 2.24) is 19.4 Å². The second-order valence-corrected chi connectivity index (χ2v) is 8.69. The molecule has 1 saturated carbocycles. The van der Waals surface area contributed by atoms with Crippen LogP contribution in [0.5, 0.6) is 11.5 Å². The summed E-state index contributed by atoms with van der Waals surface area (Å²) >= 11 is 1.71. The number of thioether (sulfide) groups is 1. The van der Waals surface area contributed by atoms with Crippen molar-refractivity contribution in [2.24, 2.45) is 0 Å². The number of anilines is 1. The Kier molecular flexibility index (Phi) is 6.45. The van der Waals surface area contributed by atoms with Gasteiger partial charge in [-0.25, -0.2) is 9.48 Å². The lowest BCUT2D eigenvalue weighted by atomic mass is 10.0. The number of fused-ring (bicyclic) bond motifs is 1. The largest absolute Gasteiger partial charge is 0.497 e. The highest BCUT2D eigenvalue weighted by molar-refractivity contribution is 7.99. The normalized spacial score (nSPS) is 14.5. The third-order valence-electron chi connectivity index (χ3n) is 5.23. The minimum Gasteiger partial charge on any atom is -0.497 e. The standard InChI is InChI=1S/C21H25N5O4S/c1-29-14-8-9-17(30-2)16(12-14)22-19(27)13-25-21(28)26-18(23-25)10-11-20(24-26)31-15-6-4-3-5-7-15/h8-12,15H,3-7,13H2,1-2H3,(H,22,27). The van der Waals surface area contributed by atoms with Crippen LogP contribution in [0.1, 0.15) is 32.1 Å². The van der Waals surface area contributed by atoms with Crippen LogP contribution in [0.4, 0.5) is 5.69 Å². The lowest BCUT2D eigenvalue weighted by molar-refractivity contribution is -0.117. The first-order valence-corrected chi connectivity index (χ1v) is 11.1. The number of nitrogens with one attached hydrogen (secondary N) is 1. The summed E-state index contributed by atoms with van der Waals surface area (Å²) in [4.78, 5) is 25.3. The first-order valence-electron chi connectivity index (χ1n) is 10.2. The number of methoxy groups -OCH3 is 2. The molecule has 0 radical (unpaired) electrons. The van der Waals surface area contributed by atoms with Gasteiger partial charge in [-0.2, -0.15) is 9.61 Å². The molecule has 1 aromatic carbocycles. The highest BCUT2D eigenvalue weighted by atomic mass is 32.2. The van der Waals surface area contributed by atoms with Crippen molar-refractivity contribution in [3.63, 3.8) is 0 Å². The predicted octanol–water partition coefficient (Wildman–Crippen LogP) is 2.97. The van der Waals surface area contributed by atoms with Crippen LogP contribution in [0.3, 0.4) is 0 Å². The quantitative estimate of drug-likeness (QED) is 0.599. The second-order valence-electron chi connectivity index (χ2n) is 7.37. The molecule has 1 fully saturated rings. The summed E-state index contributed by atoms with van der Waals surface area (Å²) in [5.74, 6) is 0.657. The molecule has 3 aromatic rings. The molecule has 4 rings (SSSR count). The summed E-state index contributed by atoms with van der Waals surface area (Å²) in [6.07, 6.45) is 6.12. The predicted molar refractivity (Wildman–Crippen MR) is 118 cm³/mol. The average Bonchev–Trinajstić information content (AvgIpc) is 3.09. The van der Waals surface area contributed by atoms with E-state index in [1.807, 2.05) is 6.07 Å². The van der Waals surface area contributed by atoms with Crippen LogP contribution in [0.2, 0.25) is 0 Å². The molecule has 0 spiro atoms. The van der Waals surface area contributed by atoms with Gasteiger partial charge in [-0.3, -0.25) is 4.79 Å². The van der Waals surface area contributed by atoms with Gasteiger partial charge in [-0.1, -0.05) is 19.3 Å². The third kappa shape index (κ3) is 4.84. The van der Waals surface area contributed by atoms with Gasteiger partial charge in [-0.15, -0.1) is 16.9 Å². The van der Waals surface area contributed by atoms with E-state index in [-0.39, 0.29) is 6.54 Å². The molecule has 9 nitrogen and oxygen atoms in total. The molecule has 0 atom stereocenters. The number of aromatic nitrogens is 4. The minimum absolute atomic E-state index is 0.242. The summed E-state index contributed by atoms with van der Waals surface area (Å²) in [7, 11) is 3.05. The maximum Gasteiger partial charge on any atom is 0.367 e. The number of ether oxygens (including phenoxy) is 2. The second kappa shape index (κ2) is 9.42. The Morgan fingerprint density at radius 1 is 1.13 bits per heavy atom. The van der Waals surface area contributed by atoms with Gasteiger partial charge >= 0.3 is 5.69 Å². The van der Waals surface area contributed by atoms with E-state index in [4.69, 9.17) is 9.47 Å². The van der Waals surface area contributed by atoms with Gasteiger partial charge in [0.05, 0.1) is 19.9 Å². The Morgan fingerprint density at radius 2 is 1.94 bits per heavy atom. The molecule has 2 heterocycles. The van der Waals surface area contributed by atoms with Gasteiger partial charge in [0.15, 0.2) is 5.65 Å². The zero-order valence-electron chi connectivity index (χ0n) is 17.5. The smallest absolute Gasteiger partial charge is 0.367 e. The van der Waals surface area contributed by atoms with E-state index in [0.717, 1.165) is 9.71 Å². The van der Waals surface area contributed by atoms with Crippen LogP contribution in [-0.2, 0) is 11.3 Å². The molecule has 0 aliphatic heterocycles. The number of carbonyl (C=O) groups is 1. The zero-order chi connectivity index (χ0) is 21.8. The fourth-order valence-corrected chi connectivity index (χ4v) is 4.83. The first kappa shape index (κ1) is 21.2. The number of benzene rings is 1. The van der Waals surface area contributed by atoms with E-state index in [9.17, 15) is 9.59 Å². The number of nitrogens with zero attached hydrogens (tertiary/aromatic N) is 4. The number of hydrogen-bond donors (Lipinski definition) is 1. The Bertz CT molecular complexity index is 1140. The highest BCUT2D eigenvalue weighted by Crippen LogP contribution is 2.32. The Labute approximate surface area is 183 Å². The van der Waals surface area contributed by atoms with Crippen molar-refractivity contribution in [1.29, 1.82) is 0 Å². The number of hydrogen-bond acceptors (Lipinski definition) is 7. The Hall–Kier alpha value is -3.01. The van der Waals surface area contributed by atoms with Gasteiger partial charge in [0.1, 0.15) is 23.1 Å². The molecular formula is C21H25N5O4S. The molecular weight excluding hydrogens is 418 g/mol. The van der Waals surface area contributed by atoms with Gasteiger partial charge in [0, 0.05) is 11.3 Å². The molecule has 0 bridgehead atoms. The maximum atomic E-state index is 12.8. The molecule has 10 heteroatoms. The zero-order valence-corrected chi connectivity index (χ0v) is 18.4. The molecule has 1 aliphatic rings. The molecule has 31 heavy (non-hydrogen) atoms. The van der Waals surface area contributed by atoms with E-state index >= 15 is 0 Å². The molecule has 0 unspecified atom stereocenters. The van der Waals surface area contributed by atoms with Gasteiger partial charge < -0.3 is 14.8 Å². The Morgan fingerprint density at radius 3 is 2.68 bits per heavy atom. The summed E-state index contributed by atoms with van der Waals surface area (Å²) in [6, 6.07) is 8.72. The number of amides is 1. The van der Waals surface area contributed by atoms with E-state index in [0.29, 0.717) is 28.1 Å². The number of rotatable bonds is 7.